The molecule has 0 bridgehead atoms. The molecule has 3 nitrogen and oxygen atoms in total. The number of benzene rings is 2. The molecule has 0 saturated heterocycles. The van der Waals surface area contributed by atoms with Crippen molar-refractivity contribution in [3.63, 3.8) is 0 Å². The highest BCUT2D eigenvalue weighted by Crippen LogP contribution is 2.27. The third kappa shape index (κ3) is 3.75. The first-order valence-corrected chi connectivity index (χ1v) is 7.67. The second-order valence-corrected chi connectivity index (χ2v) is 5.85. The highest BCUT2D eigenvalue weighted by atomic mass is 35.5. The summed E-state index contributed by atoms with van der Waals surface area (Å²) in [6.45, 7) is 0. The molecule has 0 unspecified atom stereocenters. The molecule has 1 heterocycles. The van der Waals surface area contributed by atoms with Crippen molar-refractivity contribution in [3.8, 4) is 11.1 Å². The molecule has 1 aromatic heterocycles. The molecule has 0 amide bonds. The van der Waals surface area contributed by atoms with E-state index in [2.05, 4.69) is 9.97 Å². The van der Waals surface area contributed by atoms with Crippen LogP contribution in [0, 0.1) is 11.6 Å². The standard InChI is InChI=1S/C18H14ClF2N3/c19-13-3-1-12(2-4-13)16-9-23-10-24-18(16)17(22)7-11-5-14(20)8-15(21)6-11/h1-6,8-10,17H,7,22H2/t17-/m0/s1. The fourth-order valence-electron chi connectivity index (χ4n) is 2.57. The molecular formula is C18H14ClF2N3. The third-order valence-electron chi connectivity index (χ3n) is 3.63. The van der Waals surface area contributed by atoms with Gasteiger partial charge in [0.05, 0.1) is 11.7 Å². The van der Waals surface area contributed by atoms with E-state index in [9.17, 15) is 8.78 Å². The first kappa shape index (κ1) is 16.5. The van der Waals surface area contributed by atoms with Gasteiger partial charge in [-0.1, -0.05) is 23.7 Å². The maximum atomic E-state index is 13.3. The van der Waals surface area contributed by atoms with Gasteiger partial charge in [0.15, 0.2) is 0 Å². The Morgan fingerprint density at radius 2 is 1.71 bits per heavy atom. The van der Waals surface area contributed by atoms with Crippen molar-refractivity contribution in [1.29, 1.82) is 0 Å². The maximum Gasteiger partial charge on any atom is 0.126 e. The van der Waals surface area contributed by atoms with E-state index in [0.717, 1.165) is 17.2 Å². The average molecular weight is 346 g/mol. The number of hydrogen-bond donors (Lipinski definition) is 1. The smallest absolute Gasteiger partial charge is 0.126 e. The Morgan fingerprint density at radius 1 is 1.04 bits per heavy atom. The van der Waals surface area contributed by atoms with E-state index in [0.29, 0.717) is 16.3 Å². The Balaban J connectivity index is 1.92. The number of hydrogen-bond acceptors (Lipinski definition) is 3. The van der Waals surface area contributed by atoms with Crippen molar-refractivity contribution >= 4 is 11.6 Å². The predicted molar refractivity (Wildman–Crippen MR) is 89.5 cm³/mol. The minimum Gasteiger partial charge on any atom is -0.322 e. The van der Waals surface area contributed by atoms with Crippen molar-refractivity contribution in [2.24, 2.45) is 5.73 Å². The van der Waals surface area contributed by atoms with E-state index in [-0.39, 0.29) is 6.42 Å². The summed E-state index contributed by atoms with van der Waals surface area (Å²) in [6.07, 6.45) is 3.32. The van der Waals surface area contributed by atoms with E-state index in [4.69, 9.17) is 17.3 Å². The molecule has 0 saturated carbocycles. The predicted octanol–water partition coefficient (Wildman–Crippen LogP) is 4.32. The van der Waals surface area contributed by atoms with Gasteiger partial charge in [-0.3, -0.25) is 0 Å². The van der Waals surface area contributed by atoms with Gasteiger partial charge in [-0.25, -0.2) is 18.7 Å². The number of nitrogens with zero attached hydrogens (tertiary/aromatic N) is 2. The Kier molecular flexibility index (Phi) is 4.83. The van der Waals surface area contributed by atoms with Gasteiger partial charge >= 0.3 is 0 Å². The van der Waals surface area contributed by atoms with Crippen LogP contribution in [-0.4, -0.2) is 9.97 Å². The van der Waals surface area contributed by atoms with Crippen molar-refractivity contribution in [2.75, 3.05) is 0 Å². The highest BCUT2D eigenvalue weighted by molar-refractivity contribution is 6.30. The summed E-state index contributed by atoms with van der Waals surface area (Å²) in [5, 5.41) is 0.622. The summed E-state index contributed by atoms with van der Waals surface area (Å²) in [5.41, 5.74) is 8.95. The first-order chi connectivity index (χ1) is 11.5. The van der Waals surface area contributed by atoms with Crippen LogP contribution in [0.25, 0.3) is 11.1 Å². The summed E-state index contributed by atoms with van der Waals surface area (Å²) < 4.78 is 26.7. The van der Waals surface area contributed by atoms with Gasteiger partial charge in [0, 0.05) is 22.8 Å². The third-order valence-corrected chi connectivity index (χ3v) is 3.88. The SMILES string of the molecule is N[C@@H](Cc1cc(F)cc(F)c1)c1ncncc1-c1ccc(Cl)cc1. The summed E-state index contributed by atoms with van der Waals surface area (Å²) in [6, 6.07) is 10.1. The van der Waals surface area contributed by atoms with Gasteiger partial charge in [-0.05, 0) is 41.8 Å². The van der Waals surface area contributed by atoms with E-state index in [1.54, 1.807) is 18.3 Å². The lowest BCUT2D eigenvalue weighted by molar-refractivity contribution is 0.575. The fourth-order valence-corrected chi connectivity index (χ4v) is 2.69. The van der Waals surface area contributed by atoms with Gasteiger partial charge in [0.25, 0.3) is 0 Å². The zero-order valence-corrected chi connectivity index (χ0v) is 13.3. The molecule has 2 N–H and O–H groups in total. The van der Waals surface area contributed by atoms with E-state index in [1.807, 2.05) is 12.1 Å². The van der Waals surface area contributed by atoms with Crippen LogP contribution >= 0.6 is 11.6 Å². The molecule has 0 spiro atoms. The largest absolute Gasteiger partial charge is 0.322 e. The van der Waals surface area contributed by atoms with Crippen LogP contribution in [0.2, 0.25) is 5.02 Å². The maximum absolute atomic E-state index is 13.3. The van der Waals surface area contributed by atoms with Gasteiger partial charge < -0.3 is 5.73 Å². The lowest BCUT2D eigenvalue weighted by Crippen LogP contribution is -2.16. The number of aromatic nitrogens is 2. The minimum atomic E-state index is -0.627. The van der Waals surface area contributed by atoms with Crippen LogP contribution in [-0.2, 0) is 6.42 Å². The Bertz CT molecular complexity index is 833. The molecule has 0 fully saturated rings. The minimum absolute atomic E-state index is 0.256. The number of rotatable bonds is 4. The molecule has 0 radical (unpaired) electrons. The second-order valence-electron chi connectivity index (χ2n) is 5.42. The fraction of sp³-hybridized carbons (Fsp3) is 0.111. The summed E-state index contributed by atoms with van der Waals surface area (Å²) >= 11 is 5.91. The lowest BCUT2D eigenvalue weighted by atomic mass is 9.97. The van der Waals surface area contributed by atoms with Crippen LogP contribution in [0.5, 0.6) is 0 Å². The molecule has 0 aliphatic carbocycles. The monoisotopic (exact) mass is 345 g/mol. The van der Waals surface area contributed by atoms with E-state index >= 15 is 0 Å². The van der Waals surface area contributed by atoms with Crippen LogP contribution in [0.4, 0.5) is 8.78 Å². The molecule has 122 valence electrons. The van der Waals surface area contributed by atoms with Crippen LogP contribution in [0.15, 0.2) is 55.0 Å². The van der Waals surface area contributed by atoms with Gasteiger partial charge in [0.2, 0.25) is 0 Å². The summed E-state index contributed by atoms with van der Waals surface area (Å²) in [4.78, 5) is 8.30. The van der Waals surface area contributed by atoms with E-state index in [1.165, 1.54) is 18.5 Å². The van der Waals surface area contributed by atoms with Gasteiger partial charge in [-0.2, -0.15) is 0 Å². The molecule has 6 heteroatoms. The zero-order valence-electron chi connectivity index (χ0n) is 12.6. The Morgan fingerprint density at radius 3 is 2.38 bits per heavy atom. The molecule has 24 heavy (non-hydrogen) atoms. The van der Waals surface area contributed by atoms with Crippen molar-refractivity contribution in [3.05, 3.63) is 82.9 Å². The molecule has 3 rings (SSSR count). The quantitative estimate of drug-likeness (QED) is 0.766. The molecule has 0 aliphatic rings. The van der Waals surface area contributed by atoms with Crippen LogP contribution in [0.3, 0.4) is 0 Å². The van der Waals surface area contributed by atoms with Gasteiger partial charge in [-0.15, -0.1) is 0 Å². The van der Waals surface area contributed by atoms with Crippen LogP contribution < -0.4 is 5.73 Å². The normalized spacial score (nSPS) is 12.2. The first-order valence-electron chi connectivity index (χ1n) is 7.29. The zero-order chi connectivity index (χ0) is 17.1. The highest BCUT2D eigenvalue weighted by Gasteiger charge is 2.16. The van der Waals surface area contributed by atoms with Crippen molar-refractivity contribution in [1.82, 2.24) is 9.97 Å². The molecule has 1 atom stereocenters. The van der Waals surface area contributed by atoms with Crippen molar-refractivity contribution in [2.45, 2.75) is 12.5 Å². The molecule has 0 aliphatic heterocycles. The Labute approximate surface area is 143 Å². The number of halogens is 3. The van der Waals surface area contributed by atoms with Crippen LogP contribution in [0.1, 0.15) is 17.3 Å². The topological polar surface area (TPSA) is 51.8 Å². The number of nitrogens with two attached hydrogens (primary N) is 1. The summed E-state index contributed by atoms with van der Waals surface area (Å²) in [5.74, 6) is -1.25. The summed E-state index contributed by atoms with van der Waals surface area (Å²) in [7, 11) is 0. The van der Waals surface area contributed by atoms with Gasteiger partial charge in [0.1, 0.15) is 18.0 Å². The average Bonchev–Trinajstić information content (AvgIpc) is 2.54. The lowest BCUT2D eigenvalue weighted by Gasteiger charge is -2.15. The van der Waals surface area contributed by atoms with Crippen molar-refractivity contribution < 1.29 is 8.78 Å². The van der Waals surface area contributed by atoms with E-state index < -0.39 is 17.7 Å². The molecule has 2 aromatic carbocycles. The molecular weight excluding hydrogens is 332 g/mol. The second kappa shape index (κ2) is 7.03. The Hall–Kier alpha value is -2.37. The molecule has 3 aromatic rings.